The number of nitriles is 1. The van der Waals surface area contributed by atoms with Gasteiger partial charge in [-0.25, -0.2) is 4.98 Å². The van der Waals surface area contributed by atoms with Crippen molar-refractivity contribution < 1.29 is 14.3 Å². The second kappa shape index (κ2) is 7.80. The lowest BCUT2D eigenvalue weighted by Gasteiger charge is -2.11. The summed E-state index contributed by atoms with van der Waals surface area (Å²) in [6.45, 7) is 2.08. The van der Waals surface area contributed by atoms with Crippen molar-refractivity contribution in [2.24, 2.45) is 5.16 Å². The number of aromatic nitrogens is 1. The molecule has 23 heavy (non-hydrogen) atoms. The van der Waals surface area contributed by atoms with E-state index in [4.69, 9.17) is 19.6 Å². The molecule has 2 aromatic rings. The van der Waals surface area contributed by atoms with Gasteiger partial charge in [-0.3, -0.25) is 0 Å². The largest absolute Gasteiger partial charge is 0.496 e. The Bertz CT molecular complexity index is 729. The van der Waals surface area contributed by atoms with Gasteiger partial charge in [0.2, 0.25) is 0 Å². The van der Waals surface area contributed by atoms with Gasteiger partial charge in [-0.05, 0) is 36.8 Å². The maximum atomic E-state index is 8.91. The van der Waals surface area contributed by atoms with Crippen LogP contribution in [0.2, 0.25) is 0 Å². The SMILES string of the molecule is COc1cccc(OC)c1CON=Cc1cc(C)cc(C#N)n1. The lowest BCUT2D eigenvalue weighted by molar-refractivity contribution is 0.127. The van der Waals surface area contributed by atoms with Gasteiger partial charge in [0.25, 0.3) is 0 Å². The van der Waals surface area contributed by atoms with Crippen LogP contribution < -0.4 is 9.47 Å². The molecule has 0 N–H and O–H groups in total. The topological polar surface area (TPSA) is 76.7 Å². The summed E-state index contributed by atoms with van der Waals surface area (Å²) in [5.74, 6) is 1.33. The van der Waals surface area contributed by atoms with Crippen LogP contribution in [0.25, 0.3) is 0 Å². The maximum absolute atomic E-state index is 8.91. The molecule has 0 aliphatic carbocycles. The molecule has 0 aliphatic rings. The van der Waals surface area contributed by atoms with Gasteiger partial charge in [0.1, 0.15) is 29.9 Å². The number of benzene rings is 1. The summed E-state index contributed by atoms with van der Waals surface area (Å²) >= 11 is 0. The first-order valence-corrected chi connectivity index (χ1v) is 6.92. The third-order valence-electron chi connectivity index (χ3n) is 3.10. The highest BCUT2D eigenvalue weighted by Gasteiger charge is 2.10. The van der Waals surface area contributed by atoms with E-state index in [2.05, 4.69) is 10.1 Å². The van der Waals surface area contributed by atoms with Crippen LogP contribution in [0.4, 0.5) is 0 Å². The normalized spacial score (nSPS) is 10.3. The van der Waals surface area contributed by atoms with Crippen molar-refractivity contribution >= 4 is 6.21 Å². The minimum atomic E-state index is 0.195. The molecule has 2 rings (SSSR count). The number of hydrogen-bond donors (Lipinski definition) is 0. The molecule has 6 heteroatoms. The van der Waals surface area contributed by atoms with E-state index in [1.807, 2.05) is 37.3 Å². The summed E-state index contributed by atoms with van der Waals surface area (Å²) in [6.07, 6.45) is 1.47. The summed E-state index contributed by atoms with van der Waals surface area (Å²) < 4.78 is 10.6. The Kier molecular flexibility index (Phi) is 5.53. The molecule has 0 amide bonds. The van der Waals surface area contributed by atoms with E-state index in [0.29, 0.717) is 22.9 Å². The van der Waals surface area contributed by atoms with Gasteiger partial charge in [0.05, 0.1) is 31.7 Å². The van der Waals surface area contributed by atoms with Crippen molar-refractivity contribution in [1.82, 2.24) is 4.98 Å². The van der Waals surface area contributed by atoms with Crippen LogP contribution in [-0.4, -0.2) is 25.4 Å². The highest BCUT2D eigenvalue weighted by molar-refractivity contribution is 5.76. The van der Waals surface area contributed by atoms with Crippen molar-refractivity contribution in [3.05, 3.63) is 52.8 Å². The number of nitrogens with zero attached hydrogens (tertiary/aromatic N) is 3. The molecule has 0 atom stereocenters. The molecular formula is C17H17N3O3. The van der Waals surface area contributed by atoms with E-state index in [1.165, 1.54) is 6.21 Å². The fourth-order valence-corrected chi connectivity index (χ4v) is 2.08. The number of oxime groups is 1. The quantitative estimate of drug-likeness (QED) is 0.605. The minimum absolute atomic E-state index is 0.195. The predicted molar refractivity (Wildman–Crippen MR) is 85.6 cm³/mol. The Morgan fingerprint density at radius 3 is 2.52 bits per heavy atom. The van der Waals surface area contributed by atoms with Gasteiger partial charge in [0, 0.05) is 0 Å². The van der Waals surface area contributed by atoms with Crippen LogP contribution in [-0.2, 0) is 11.4 Å². The van der Waals surface area contributed by atoms with Gasteiger partial charge in [0.15, 0.2) is 0 Å². The van der Waals surface area contributed by atoms with Gasteiger partial charge < -0.3 is 14.3 Å². The fraction of sp³-hybridized carbons (Fsp3) is 0.235. The highest BCUT2D eigenvalue weighted by atomic mass is 16.6. The Labute approximate surface area is 134 Å². The molecular weight excluding hydrogens is 294 g/mol. The minimum Gasteiger partial charge on any atom is -0.496 e. The molecule has 0 fully saturated rings. The van der Waals surface area contributed by atoms with Crippen molar-refractivity contribution in [2.45, 2.75) is 13.5 Å². The van der Waals surface area contributed by atoms with Crippen molar-refractivity contribution in [3.8, 4) is 17.6 Å². The third-order valence-corrected chi connectivity index (χ3v) is 3.10. The average Bonchev–Trinajstić information content (AvgIpc) is 2.57. The molecule has 0 saturated carbocycles. The maximum Gasteiger partial charge on any atom is 0.149 e. The molecule has 0 aliphatic heterocycles. The number of rotatable bonds is 6. The molecule has 1 heterocycles. The zero-order valence-corrected chi connectivity index (χ0v) is 13.2. The zero-order valence-electron chi connectivity index (χ0n) is 13.2. The lowest BCUT2D eigenvalue weighted by Crippen LogP contribution is -1.98. The smallest absolute Gasteiger partial charge is 0.149 e. The second-order valence-corrected chi connectivity index (χ2v) is 4.72. The summed E-state index contributed by atoms with van der Waals surface area (Å²) in [4.78, 5) is 9.43. The zero-order chi connectivity index (χ0) is 16.7. The first kappa shape index (κ1) is 16.3. The second-order valence-electron chi connectivity index (χ2n) is 4.72. The Hall–Kier alpha value is -3.07. The monoisotopic (exact) mass is 311 g/mol. The van der Waals surface area contributed by atoms with Crippen LogP contribution in [0.3, 0.4) is 0 Å². The first-order valence-electron chi connectivity index (χ1n) is 6.92. The number of aryl methyl sites for hydroxylation is 1. The van der Waals surface area contributed by atoms with Crippen LogP contribution in [0, 0.1) is 18.3 Å². The van der Waals surface area contributed by atoms with Crippen LogP contribution in [0.1, 0.15) is 22.5 Å². The molecule has 0 unspecified atom stereocenters. The van der Waals surface area contributed by atoms with E-state index in [0.717, 1.165) is 11.1 Å². The molecule has 6 nitrogen and oxygen atoms in total. The van der Waals surface area contributed by atoms with Gasteiger partial charge in [-0.2, -0.15) is 5.26 Å². The molecule has 0 spiro atoms. The van der Waals surface area contributed by atoms with E-state index >= 15 is 0 Å². The van der Waals surface area contributed by atoms with Gasteiger partial charge >= 0.3 is 0 Å². The number of ether oxygens (including phenoxy) is 2. The summed E-state index contributed by atoms with van der Waals surface area (Å²) in [5, 5.41) is 12.8. The highest BCUT2D eigenvalue weighted by Crippen LogP contribution is 2.28. The molecule has 0 radical (unpaired) electrons. The van der Waals surface area contributed by atoms with E-state index in [9.17, 15) is 0 Å². The molecule has 1 aromatic heterocycles. The van der Waals surface area contributed by atoms with Gasteiger partial charge in [-0.1, -0.05) is 11.2 Å². The lowest BCUT2D eigenvalue weighted by atomic mass is 10.2. The first-order chi connectivity index (χ1) is 11.2. The average molecular weight is 311 g/mol. The van der Waals surface area contributed by atoms with Crippen molar-refractivity contribution in [2.75, 3.05) is 14.2 Å². The molecule has 0 bridgehead atoms. The number of hydrogen-bond acceptors (Lipinski definition) is 6. The Balaban J connectivity index is 2.08. The molecule has 118 valence electrons. The van der Waals surface area contributed by atoms with Crippen molar-refractivity contribution in [1.29, 1.82) is 5.26 Å². The molecule has 1 aromatic carbocycles. The number of methoxy groups -OCH3 is 2. The van der Waals surface area contributed by atoms with Crippen molar-refractivity contribution in [3.63, 3.8) is 0 Å². The van der Waals surface area contributed by atoms with E-state index in [-0.39, 0.29) is 6.61 Å². The van der Waals surface area contributed by atoms with E-state index in [1.54, 1.807) is 20.3 Å². The third kappa shape index (κ3) is 4.20. The Morgan fingerprint density at radius 2 is 1.91 bits per heavy atom. The molecule has 0 saturated heterocycles. The standard InChI is InChI=1S/C17H17N3O3/c1-12-7-13(9-18)20-14(8-12)10-19-23-11-15-16(21-2)5-4-6-17(15)22-3/h4-8,10H,11H2,1-3H3. The van der Waals surface area contributed by atoms with Crippen LogP contribution in [0.5, 0.6) is 11.5 Å². The Morgan fingerprint density at radius 1 is 1.22 bits per heavy atom. The fourth-order valence-electron chi connectivity index (χ4n) is 2.08. The summed E-state index contributed by atoms with van der Waals surface area (Å²) in [5.41, 5.74) is 2.61. The number of pyridine rings is 1. The predicted octanol–water partition coefficient (Wildman–Crippen LogP) is 2.83. The van der Waals surface area contributed by atoms with Gasteiger partial charge in [-0.15, -0.1) is 0 Å². The van der Waals surface area contributed by atoms with Crippen LogP contribution >= 0.6 is 0 Å². The summed E-state index contributed by atoms with van der Waals surface area (Å²) in [7, 11) is 3.17. The summed E-state index contributed by atoms with van der Waals surface area (Å²) in [6, 6.07) is 11.0. The van der Waals surface area contributed by atoms with E-state index < -0.39 is 0 Å². The van der Waals surface area contributed by atoms with Crippen LogP contribution in [0.15, 0.2) is 35.5 Å².